The van der Waals surface area contributed by atoms with E-state index in [0.717, 1.165) is 56.1 Å². The molecule has 1 aliphatic heterocycles. The Morgan fingerprint density at radius 1 is 0.947 bits per heavy atom. The van der Waals surface area contributed by atoms with Gasteiger partial charge in [-0.15, -0.1) is 0 Å². The standard InChI is InChI=1S/C43H51ClN4O8S/c1-4-5-6-10-20-37(45-42(52)56-32-15-11-12-16-32)40(50)48-27-29-21-22-34(55-33-17-13-14-31(44)25-33)23-30(29)24-38(48)39(49)46-43(26-36(43)28(2)3)41(51)47-57(53,54)35-18-8-7-9-19-35/h7-9,13-14,17-19,21-23,25,32,36-38H,2,4-6,10-12,15-16,20,24,26-27H2,1,3H3,(H,45,52)(H,46,49)(H,47,51)/t36-,37-,38?,43+/m0/s1. The van der Waals surface area contributed by atoms with Gasteiger partial charge in [0.15, 0.2) is 0 Å². The fourth-order valence-corrected chi connectivity index (χ4v) is 9.04. The van der Waals surface area contributed by atoms with Gasteiger partial charge in [-0.25, -0.2) is 17.9 Å². The van der Waals surface area contributed by atoms with Crippen molar-refractivity contribution >= 4 is 45.4 Å². The quantitative estimate of drug-likeness (QED) is 0.1000. The summed E-state index contributed by atoms with van der Waals surface area (Å²) in [4.78, 5) is 57.8. The Kier molecular flexibility index (Phi) is 13.3. The summed E-state index contributed by atoms with van der Waals surface area (Å²) in [5.74, 6) is -1.55. The van der Waals surface area contributed by atoms with Crippen molar-refractivity contribution in [1.29, 1.82) is 0 Å². The Morgan fingerprint density at radius 2 is 1.68 bits per heavy atom. The van der Waals surface area contributed by atoms with E-state index in [1.165, 1.54) is 17.0 Å². The molecule has 2 aliphatic carbocycles. The molecule has 4 atom stereocenters. The number of fused-ring (bicyclic) bond motifs is 1. The molecule has 0 radical (unpaired) electrons. The average Bonchev–Trinajstić information content (AvgIpc) is 3.70. The summed E-state index contributed by atoms with van der Waals surface area (Å²) in [6.45, 7) is 7.83. The highest BCUT2D eigenvalue weighted by atomic mass is 35.5. The maximum absolute atomic E-state index is 14.7. The Balaban J connectivity index is 1.30. The SMILES string of the molecule is C=C(C)[C@@H]1C[C@]1(NC(=O)C1Cc2cc(Oc3cccc(Cl)c3)ccc2CN1C(=O)[C@H](CCCCCC)NC(=O)OC1CCCC1)C(=O)NS(=O)(=O)c1ccccc1. The van der Waals surface area contributed by atoms with Crippen LogP contribution >= 0.6 is 11.6 Å². The molecule has 57 heavy (non-hydrogen) atoms. The zero-order valence-electron chi connectivity index (χ0n) is 32.4. The molecule has 4 amide bonds. The predicted molar refractivity (Wildman–Crippen MR) is 216 cm³/mol. The van der Waals surface area contributed by atoms with E-state index in [0.29, 0.717) is 34.9 Å². The Morgan fingerprint density at radius 3 is 2.37 bits per heavy atom. The van der Waals surface area contributed by atoms with Crippen LogP contribution in [0.5, 0.6) is 11.5 Å². The summed E-state index contributed by atoms with van der Waals surface area (Å²) in [5, 5.41) is 6.21. The van der Waals surface area contributed by atoms with Crippen molar-refractivity contribution in [3.8, 4) is 11.5 Å². The van der Waals surface area contributed by atoms with E-state index in [4.69, 9.17) is 21.1 Å². The van der Waals surface area contributed by atoms with Gasteiger partial charge in [-0.3, -0.25) is 14.4 Å². The first kappa shape index (κ1) is 41.7. The number of sulfonamides is 1. The molecule has 1 unspecified atom stereocenters. The van der Waals surface area contributed by atoms with Gasteiger partial charge in [0.05, 0.1) is 4.90 Å². The van der Waals surface area contributed by atoms with Crippen LogP contribution in [-0.2, 0) is 42.1 Å². The van der Waals surface area contributed by atoms with Gasteiger partial charge >= 0.3 is 6.09 Å². The van der Waals surface area contributed by atoms with Crippen LogP contribution in [-0.4, -0.2) is 60.9 Å². The van der Waals surface area contributed by atoms with E-state index in [1.807, 2.05) is 6.07 Å². The third-order valence-electron chi connectivity index (χ3n) is 11.0. The molecule has 0 saturated heterocycles. The monoisotopic (exact) mass is 818 g/mol. The third kappa shape index (κ3) is 10.2. The fourth-order valence-electron chi connectivity index (χ4n) is 7.80. The van der Waals surface area contributed by atoms with Gasteiger partial charge in [-0.1, -0.05) is 86.7 Å². The van der Waals surface area contributed by atoms with Gasteiger partial charge in [0.2, 0.25) is 11.8 Å². The molecule has 0 spiro atoms. The number of nitrogens with zero attached hydrogens (tertiary/aromatic N) is 1. The molecule has 1 heterocycles. The van der Waals surface area contributed by atoms with E-state index in [9.17, 15) is 27.6 Å². The highest BCUT2D eigenvalue weighted by Gasteiger charge is 2.62. The maximum atomic E-state index is 14.7. The molecule has 14 heteroatoms. The lowest BCUT2D eigenvalue weighted by molar-refractivity contribution is -0.144. The van der Waals surface area contributed by atoms with Crippen molar-refractivity contribution in [2.75, 3.05) is 0 Å². The fraction of sp³-hybridized carbons (Fsp3) is 0.442. The number of alkyl carbamates (subject to hydrolysis) is 1. The van der Waals surface area contributed by atoms with Gasteiger partial charge in [0.1, 0.15) is 35.2 Å². The van der Waals surface area contributed by atoms with Gasteiger partial charge in [-0.05, 0) is 99.0 Å². The van der Waals surface area contributed by atoms with Crippen molar-refractivity contribution in [3.05, 3.63) is 101 Å². The predicted octanol–water partition coefficient (Wildman–Crippen LogP) is 7.35. The zero-order chi connectivity index (χ0) is 40.7. The second-order valence-corrected chi connectivity index (χ2v) is 17.5. The van der Waals surface area contributed by atoms with Gasteiger partial charge in [0, 0.05) is 23.9 Å². The number of unbranched alkanes of at least 4 members (excludes halogenated alkanes) is 3. The highest BCUT2D eigenvalue weighted by molar-refractivity contribution is 7.90. The van der Waals surface area contributed by atoms with Crippen LogP contribution in [0.4, 0.5) is 4.79 Å². The topological polar surface area (TPSA) is 160 Å². The Bertz CT molecular complexity index is 2090. The summed E-state index contributed by atoms with van der Waals surface area (Å²) >= 11 is 6.19. The minimum absolute atomic E-state index is 0.0278. The first-order valence-corrected chi connectivity index (χ1v) is 21.6. The molecule has 0 bridgehead atoms. The second kappa shape index (κ2) is 18.1. The number of carbonyl (C=O) groups is 4. The summed E-state index contributed by atoms with van der Waals surface area (Å²) in [5.41, 5.74) is 0.477. The molecular weight excluding hydrogens is 768 g/mol. The lowest BCUT2D eigenvalue weighted by atomic mass is 9.91. The third-order valence-corrected chi connectivity index (χ3v) is 12.6. The molecule has 2 saturated carbocycles. The van der Waals surface area contributed by atoms with E-state index >= 15 is 0 Å². The Labute approximate surface area is 339 Å². The summed E-state index contributed by atoms with van der Waals surface area (Å²) in [6, 6.07) is 17.7. The summed E-state index contributed by atoms with van der Waals surface area (Å²) < 4.78 is 40.5. The first-order valence-electron chi connectivity index (χ1n) is 19.7. The molecule has 3 aromatic carbocycles. The van der Waals surface area contributed by atoms with Crippen LogP contribution in [0.3, 0.4) is 0 Å². The van der Waals surface area contributed by atoms with E-state index in [2.05, 4.69) is 28.9 Å². The van der Waals surface area contributed by atoms with Gasteiger partial charge < -0.3 is 25.0 Å². The molecule has 3 N–H and O–H groups in total. The second-order valence-electron chi connectivity index (χ2n) is 15.3. The van der Waals surface area contributed by atoms with Gasteiger partial charge in [-0.2, -0.15) is 0 Å². The minimum atomic E-state index is -4.27. The number of carbonyl (C=O) groups excluding carboxylic acids is 4. The maximum Gasteiger partial charge on any atom is 0.408 e. The zero-order valence-corrected chi connectivity index (χ0v) is 34.0. The smallest absolute Gasteiger partial charge is 0.408 e. The molecular formula is C43H51ClN4O8S. The Hall–Kier alpha value is -4.88. The highest BCUT2D eigenvalue weighted by Crippen LogP contribution is 2.48. The van der Waals surface area contributed by atoms with Crippen LogP contribution in [0.2, 0.25) is 5.02 Å². The van der Waals surface area contributed by atoms with E-state index in [-0.39, 0.29) is 30.4 Å². The number of benzene rings is 3. The van der Waals surface area contributed by atoms with Crippen molar-refractivity contribution in [2.45, 2.75) is 120 Å². The number of nitrogens with one attached hydrogen (secondary N) is 3. The number of ether oxygens (including phenoxy) is 2. The lowest BCUT2D eigenvalue weighted by Gasteiger charge is -2.39. The largest absolute Gasteiger partial charge is 0.457 e. The molecule has 304 valence electrons. The number of rotatable bonds is 16. The van der Waals surface area contributed by atoms with Crippen LogP contribution in [0.25, 0.3) is 0 Å². The molecule has 3 aliphatic rings. The summed E-state index contributed by atoms with van der Waals surface area (Å²) in [7, 11) is -4.27. The van der Waals surface area contributed by atoms with Crippen LogP contribution in [0.15, 0.2) is 89.8 Å². The average molecular weight is 819 g/mol. The van der Waals surface area contributed by atoms with E-state index < -0.39 is 57.4 Å². The molecule has 6 rings (SSSR count). The summed E-state index contributed by atoms with van der Waals surface area (Å²) in [6.07, 6.45) is 6.56. The van der Waals surface area contributed by atoms with Crippen molar-refractivity contribution in [2.24, 2.45) is 5.92 Å². The number of amides is 4. The molecule has 12 nitrogen and oxygen atoms in total. The van der Waals surface area contributed by atoms with Crippen LogP contribution in [0, 0.1) is 5.92 Å². The molecule has 0 aromatic heterocycles. The van der Waals surface area contributed by atoms with Crippen molar-refractivity contribution in [1.82, 2.24) is 20.3 Å². The number of hydrogen-bond acceptors (Lipinski definition) is 8. The van der Waals surface area contributed by atoms with Crippen LogP contribution in [0.1, 0.15) is 89.2 Å². The number of halogens is 1. The lowest BCUT2D eigenvalue weighted by Crippen LogP contribution is -2.61. The van der Waals surface area contributed by atoms with E-state index in [1.54, 1.807) is 61.5 Å². The first-order chi connectivity index (χ1) is 27.3. The van der Waals surface area contributed by atoms with Crippen molar-refractivity contribution in [3.63, 3.8) is 0 Å². The van der Waals surface area contributed by atoms with Crippen LogP contribution < -0.4 is 20.1 Å². The van der Waals surface area contributed by atoms with Crippen molar-refractivity contribution < 1.29 is 37.1 Å². The number of hydrogen-bond donors (Lipinski definition) is 3. The molecule has 3 aromatic rings. The minimum Gasteiger partial charge on any atom is -0.457 e. The normalized spacial score (nSPS) is 20.8. The molecule has 2 fully saturated rings. The van der Waals surface area contributed by atoms with Gasteiger partial charge in [0.25, 0.3) is 15.9 Å².